The van der Waals surface area contributed by atoms with Gasteiger partial charge in [0.15, 0.2) is 17.5 Å². The topological polar surface area (TPSA) is 64.7 Å². The fourth-order valence-corrected chi connectivity index (χ4v) is 9.94. The minimum Gasteiger partial charge on any atom is -0.455 e. The standard InChI is InChI=1S/C56H34N4OS/c1-4-16-35(17-5-1)40-22-14-23-41(34-40)56-59-54(38-20-8-3-9-21-38)58-55(60-56)39-32-30-37(31-33-39)52-48(45-27-15-26-43-42-24-11-13-29-47(42)61-51(43)45)49-50(36-18-6-2-7-19-36)57-46-28-12-10-25-44(46)53(49)62-52/h1-34H. The Bertz CT molecular complexity index is 3620. The van der Waals surface area contributed by atoms with Crippen molar-refractivity contribution in [1.29, 1.82) is 0 Å². The minimum atomic E-state index is 0.607. The van der Waals surface area contributed by atoms with E-state index in [0.29, 0.717) is 17.5 Å². The second-order valence-corrected chi connectivity index (χ2v) is 16.4. The van der Waals surface area contributed by atoms with E-state index < -0.39 is 0 Å². The van der Waals surface area contributed by atoms with Crippen molar-refractivity contribution in [2.24, 2.45) is 0 Å². The van der Waals surface area contributed by atoms with Crippen molar-refractivity contribution in [1.82, 2.24) is 19.9 Å². The van der Waals surface area contributed by atoms with Gasteiger partial charge in [0.1, 0.15) is 11.2 Å². The Kier molecular flexibility index (Phi) is 8.61. The maximum absolute atomic E-state index is 6.75. The number of thiophene rings is 1. The highest BCUT2D eigenvalue weighted by atomic mass is 32.1. The molecular weight excluding hydrogens is 777 g/mol. The predicted octanol–water partition coefficient (Wildman–Crippen LogP) is 15.2. The monoisotopic (exact) mass is 810 g/mol. The van der Waals surface area contributed by atoms with E-state index in [1.807, 2.05) is 48.5 Å². The third-order valence-corrected chi connectivity index (χ3v) is 12.8. The molecule has 4 aromatic heterocycles. The van der Waals surface area contributed by atoms with E-state index in [2.05, 4.69) is 158 Å². The summed E-state index contributed by atoms with van der Waals surface area (Å²) in [7, 11) is 0. The molecule has 4 heterocycles. The van der Waals surface area contributed by atoms with E-state index in [9.17, 15) is 0 Å². The number of hydrogen-bond donors (Lipinski definition) is 0. The Hall–Kier alpha value is -8.06. The number of nitrogens with zero attached hydrogens (tertiary/aromatic N) is 4. The third-order valence-electron chi connectivity index (χ3n) is 11.5. The van der Waals surface area contributed by atoms with Crippen molar-refractivity contribution in [2.75, 3.05) is 0 Å². The molecule has 62 heavy (non-hydrogen) atoms. The Balaban J connectivity index is 1.06. The number of para-hydroxylation sites is 3. The summed E-state index contributed by atoms with van der Waals surface area (Å²) in [5.41, 5.74) is 12.9. The van der Waals surface area contributed by atoms with Crippen LogP contribution in [0.15, 0.2) is 211 Å². The van der Waals surface area contributed by atoms with Gasteiger partial charge < -0.3 is 4.42 Å². The number of aromatic nitrogens is 4. The zero-order valence-corrected chi connectivity index (χ0v) is 34.1. The summed E-state index contributed by atoms with van der Waals surface area (Å²) in [5.74, 6) is 1.85. The van der Waals surface area contributed by atoms with Crippen molar-refractivity contribution >= 4 is 54.3 Å². The molecule has 5 nitrogen and oxygen atoms in total. The largest absolute Gasteiger partial charge is 0.455 e. The van der Waals surface area contributed by atoms with Gasteiger partial charge in [-0.1, -0.05) is 188 Å². The lowest BCUT2D eigenvalue weighted by Gasteiger charge is -2.12. The molecule has 0 saturated carbocycles. The summed E-state index contributed by atoms with van der Waals surface area (Å²) in [6.07, 6.45) is 0. The molecule has 0 fully saturated rings. The molecule has 0 saturated heterocycles. The Labute approximate surface area is 361 Å². The first-order valence-corrected chi connectivity index (χ1v) is 21.4. The van der Waals surface area contributed by atoms with E-state index in [1.54, 1.807) is 11.3 Å². The van der Waals surface area contributed by atoms with Gasteiger partial charge in [-0.15, -0.1) is 11.3 Å². The predicted molar refractivity (Wildman–Crippen MR) is 256 cm³/mol. The lowest BCUT2D eigenvalue weighted by atomic mass is 9.93. The van der Waals surface area contributed by atoms with Gasteiger partial charge in [0.2, 0.25) is 0 Å². The summed E-state index contributed by atoms with van der Waals surface area (Å²) in [4.78, 5) is 21.8. The van der Waals surface area contributed by atoms with Gasteiger partial charge in [-0.05, 0) is 34.9 Å². The quantitative estimate of drug-likeness (QED) is 0.160. The number of rotatable bonds is 7. The first-order valence-electron chi connectivity index (χ1n) is 20.6. The van der Waals surface area contributed by atoms with E-state index in [-0.39, 0.29) is 0 Å². The first-order chi connectivity index (χ1) is 30.7. The average Bonchev–Trinajstić information content (AvgIpc) is 3.95. The lowest BCUT2D eigenvalue weighted by Crippen LogP contribution is -2.00. The minimum absolute atomic E-state index is 0.607. The molecule has 0 spiro atoms. The van der Waals surface area contributed by atoms with Crippen LogP contribution in [0.5, 0.6) is 0 Å². The zero-order chi connectivity index (χ0) is 41.0. The second-order valence-electron chi connectivity index (χ2n) is 15.3. The Morgan fingerprint density at radius 2 is 0.903 bits per heavy atom. The summed E-state index contributed by atoms with van der Waals surface area (Å²) in [6.45, 7) is 0. The number of furan rings is 1. The molecule has 0 amide bonds. The molecule has 0 unspecified atom stereocenters. The number of fused-ring (bicyclic) bond motifs is 6. The molecule has 0 N–H and O–H groups in total. The van der Waals surface area contributed by atoms with Crippen molar-refractivity contribution < 1.29 is 4.42 Å². The van der Waals surface area contributed by atoms with Crippen LogP contribution >= 0.6 is 11.3 Å². The normalized spacial score (nSPS) is 11.5. The van der Waals surface area contributed by atoms with Gasteiger partial charge in [-0.3, -0.25) is 0 Å². The summed E-state index contributed by atoms with van der Waals surface area (Å²) in [5, 5.41) is 4.41. The highest BCUT2D eigenvalue weighted by Gasteiger charge is 2.25. The molecule has 6 heteroatoms. The van der Waals surface area contributed by atoms with Crippen LogP contribution in [0.4, 0.5) is 0 Å². The molecule has 0 radical (unpaired) electrons. The molecule has 12 rings (SSSR count). The van der Waals surface area contributed by atoms with Crippen LogP contribution in [0, 0.1) is 0 Å². The van der Waals surface area contributed by atoms with E-state index in [4.69, 9.17) is 24.4 Å². The van der Waals surface area contributed by atoms with Crippen LogP contribution in [0.1, 0.15) is 0 Å². The van der Waals surface area contributed by atoms with Crippen LogP contribution in [-0.4, -0.2) is 19.9 Å². The second kappa shape index (κ2) is 14.9. The Morgan fingerprint density at radius 1 is 0.371 bits per heavy atom. The van der Waals surface area contributed by atoms with Crippen LogP contribution in [0.3, 0.4) is 0 Å². The fraction of sp³-hybridized carbons (Fsp3) is 0. The highest BCUT2D eigenvalue weighted by Crippen LogP contribution is 2.52. The lowest BCUT2D eigenvalue weighted by molar-refractivity contribution is 0.670. The van der Waals surface area contributed by atoms with Gasteiger partial charge in [0, 0.05) is 64.5 Å². The summed E-state index contributed by atoms with van der Waals surface area (Å²) < 4.78 is 7.93. The molecular formula is C56H34N4OS. The molecule has 0 atom stereocenters. The summed E-state index contributed by atoms with van der Waals surface area (Å²) >= 11 is 1.80. The van der Waals surface area contributed by atoms with Crippen molar-refractivity contribution in [3.63, 3.8) is 0 Å². The van der Waals surface area contributed by atoms with Gasteiger partial charge in [-0.2, -0.15) is 0 Å². The molecule has 12 aromatic rings. The molecule has 8 aromatic carbocycles. The van der Waals surface area contributed by atoms with Crippen molar-refractivity contribution in [3.8, 4) is 78.1 Å². The van der Waals surface area contributed by atoms with Crippen LogP contribution in [0.25, 0.3) is 121 Å². The fourth-order valence-electron chi connectivity index (χ4n) is 8.59. The van der Waals surface area contributed by atoms with Gasteiger partial charge in [0.05, 0.1) is 11.2 Å². The molecule has 0 aliphatic rings. The van der Waals surface area contributed by atoms with Gasteiger partial charge >= 0.3 is 0 Å². The number of benzene rings is 8. The Morgan fingerprint density at radius 3 is 1.65 bits per heavy atom. The molecule has 0 bridgehead atoms. The highest BCUT2D eigenvalue weighted by molar-refractivity contribution is 7.24. The third kappa shape index (κ3) is 6.16. The first kappa shape index (κ1) is 35.8. The van der Waals surface area contributed by atoms with Crippen LogP contribution < -0.4 is 0 Å². The molecule has 290 valence electrons. The SMILES string of the molecule is c1ccc(-c2cccc(-c3nc(-c4ccccc4)nc(-c4ccc(-c5sc6c(c(-c7ccccc7)nc7ccccc76)c5-c5cccc6c5oc5ccccc56)cc4)n3)c2)cc1. The number of hydrogen-bond acceptors (Lipinski definition) is 6. The van der Waals surface area contributed by atoms with E-state index in [0.717, 1.165) is 98.9 Å². The van der Waals surface area contributed by atoms with E-state index in [1.165, 1.54) is 4.70 Å². The number of pyridine rings is 1. The molecule has 0 aliphatic heterocycles. The maximum Gasteiger partial charge on any atom is 0.164 e. The van der Waals surface area contributed by atoms with Crippen LogP contribution in [-0.2, 0) is 0 Å². The molecule has 0 aliphatic carbocycles. The van der Waals surface area contributed by atoms with Gasteiger partial charge in [-0.25, -0.2) is 19.9 Å². The van der Waals surface area contributed by atoms with Crippen LogP contribution in [0.2, 0.25) is 0 Å². The maximum atomic E-state index is 6.75. The smallest absolute Gasteiger partial charge is 0.164 e. The average molecular weight is 811 g/mol. The summed E-state index contributed by atoms with van der Waals surface area (Å²) in [6, 6.07) is 71.3. The van der Waals surface area contributed by atoms with Crippen molar-refractivity contribution in [2.45, 2.75) is 0 Å². The van der Waals surface area contributed by atoms with Gasteiger partial charge in [0.25, 0.3) is 0 Å². The van der Waals surface area contributed by atoms with E-state index >= 15 is 0 Å². The van der Waals surface area contributed by atoms with Crippen molar-refractivity contribution in [3.05, 3.63) is 206 Å². The zero-order valence-electron chi connectivity index (χ0n) is 33.2.